The van der Waals surface area contributed by atoms with Crippen LogP contribution < -0.4 is 5.32 Å². The lowest BCUT2D eigenvalue weighted by atomic mass is 10.0. The normalized spacial score (nSPS) is 11.6. The summed E-state index contributed by atoms with van der Waals surface area (Å²) in [4.78, 5) is 29.1. The molecule has 0 fully saturated rings. The molecule has 0 radical (unpaired) electrons. The lowest BCUT2D eigenvalue weighted by molar-refractivity contribution is -0.140. The zero-order valence-electron chi connectivity index (χ0n) is 18.3. The van der Waals surface area contributed by atoms with Gasteiger partial charge in [0, 0.05) is 46.6 Å². The summed E-state index contributed by atoms with van der Waals surface area (Å²) in [6.07, 6.45) is 0.777. The lowest BCUT2D eigenvalue weighted by Crippen LogP contribution is -2.49. The molecular weight excluding hydrogens is 520 g/mol. The molecule has 0 aliphatic carbocycles. The molecule has 0 saturated heterocycles. The Labute approximate surface area is 212 Å². The predicted octanol–water partition coefficient (Wildman–Crippen LogP) is 5.97. The van der Waals surface area contributed by atoms with Gasteiger partial charge in [-0.15, -0.1) is 11.8 Å². The van der Waals surface area contributed by atoms with Crippen LogP contribution in [0.4, 0.5) is 0 Å². The van der Waals surface area contributed by atoms with E-state index in [-0.39, 0.29) is 11.8 Å². The second-order valence-electron chi connectivity index (χ2n) is 7.52. The number of likely N-dealkylation sites (N-methyl/N-ethyl adjacent to an activating group) is 1. The van der Waals surface area contributed by atoms with E-state index in [1.807, 2.05) is 78.9 Å². The van der Waals surface area contributed by atoms with Gasteiger partial charge in [0.2, 0.25) is 11.8 Å². The largest absolute Gasteiger partial charge is 0.357 e. The Morgan fingerprint density at radius 2 is 1.64 bits per heavy atom. The summed E-state index contributed by atoms with van der Waals surface area (Å²) < 4.78 is 0.968. The van der Waals surface area contributed by atoms with E-state index in [9.17, 15) is 9.59 Å². The zero-order valence-corrected chi connectivity index (χ0v) is 21.5. The molecular formula is C26H26BrClN2O2S. The minimum atomic E-state index is -0.603. The van der Waals surface area contributed by atoms with Gasteiger partial charge < -0.3 is 10.2 Å². The number of halogens is 2. The van der Waals surface area contributed by atoms with Crippen LogP contribution in [-0.4, -0.2) is 35.6 Å². The lowest BCUT2D eigenvalue weighted by Gasteiger charge is -2.31. The number of nitrogens with one attached hydrogen (secondary N) is 1. The monoisotopic (exact) mass is 544 g/mol. The maximum Gasteiger partial charge on any atom is 0.242 e. The molecule has 3 aromatic rings. The summed E-state index contributed by atoms with van der Waals surface area (Å²) in [5.74, 6) is 0.391. The van der Waals surface area contributed by atoms with Crippen LogP contribution in [0.1, 0.15) is 17.5 Å². The van der Waals surface area contributed by atoms with Crippen LogP contribution in [-0.2, 0) is 22.6 Å². The summed E-state index contributed by atoms with van der Waals surface area (Å²) in [5, 5.41) is 3.43. The average Bonchev–Trinajstić information content (AvgIpc) is 2.83. The second-order valence-corrected chi connectivity index (χ2v) is 10.0. The van der Waals surface area contributed by atoms with Gasteiger partial charge in [-0.25, -0.2) is 0 Å². The molecule has 2 amide bonds. The van der Waals surface area contributed by atoms with E-state index >= 15 is 0 Å². The molecule has 33 heavy (non-hydrogen) atoms. The van der Waals surface area contributed by atoms with Gasteiger partial charge >= 0.3 is 0 Å². The smallest absolute Gasteiger partial charge is 0.242 e. The molecule has 3 aromatic carbocycles. The molecule has 1 unspecified atom stereocenters. The number of hydrogen-bond acceptors (Lipinski definition) is 3. The van der Waals surface area contributed by atoms with Crippen molar-refractivity contribution >= 4 is 51.1 Å². The van der Waals surface area contributed by atoms with Crippen molar-refractivity contribution in [2.45, 2.75) is 30.3 Å². The zero-order chi connectivity index (χ0) is 23.6. The van der Waals surface area contributed by atoms with E-state index in [1.54, 1.807) is 23.7 Å². The fourth-order valence-corrected chi connectivity index (χ4v) is 4.67. The standard InChI is InChI=1S/C26H26BrClN2O2S/c1-29-26(32)24(17-19-5-3-2-4-6-19)30(18-20-7-9-21(27)10-8-20)25(31)15-16-33-23-13-11-22(28)12-14-23/h2-14,24H,15-18H2,1H3,(H,29,32). The van der Waals surface area contributed by atoms with E-state index in [0.29, 0.717) is 30.2 Å². The number of rotatable bonds is 10. The maximum atomic E-state index is 13.4. The SMILES string of the molecule is CNC(=O)C(Cc1ccccc1)N(Cc1ccc(Br)cc1)C(=O)CCSc1ccc(Cl)cc1. The summed E-state index contributed by atoms with van der Waals surface area (Å²) in [7, 11) is 1.61. The van der Waals surface area contributed by atoms with Gasteiger partial charge in [-0.3, -0.25) is 9.59 Å². The summed E-state index contributed by atoms with van der Waals surface area (Å²) in [5.41, 5.74) is 1.98. The van der Waals surface area contributed by atoms with Crippen molar-refractivity contribution in [3.8, 4) is 0 Å². The van der Waals surface area contributed by atoms with E-state index < -0.39 is 6.04 Å². The topological polar surface area (TPSA) is 49.4 Å². The fourth-order valence-electron chi connectivity index (χ4n) is 3.44. The Hall–Kier alpha value is -2.28. The van der Waals surface area contributed by atoms with Crippen molar-refractivity contribution in [2.24, 2.45) is 0 Å². The van der Waals surface area contributed by atoms with Gasteiger partial charge in [0.05, 0.1) is 0 Å². The maximum absolute atomic E-state index is 13.4. The number of nitrogens with zero attached hydrogens (tertiary/aromatic N) is 1. The van der Waals surface area contributed by atoms with Gasteiger partial charge in [-0.1, -0.05) is 70.0 Å². The first kappa shape index (κ1) is 25.3. The minimum absolute atomic E-state index is 0.0519. The summed E-state index contributed by atoms with van der Waals surface area (Å²) in [6.45, 7) is 0.364. The first-order chi connectivity index (χ1) is 16.0. The molecule has 7 heteroatoms. The van der Waals surface area contributed by atoms with Crippen LogP contribution in [0, 0.1) is 0 Å². The number of carbonyl (C=O) groups is 2. The number of thioether (sulfide) groups is 1. The molecule has 0 saturated carbocycles. The third-order valence-corrected chi connectivity index (χ3v) is 6.98. The fraction of sp³-hybridized carbons (Fsp3) is 0.231. The molecule has 0 spiro atoms. The molecule has 0 heterocycles. The molecule has 4 nitrogen and oxygen atoms in total. The van der Waals surface area contributed by atoms with Gasteiger partial charge in [0.1, 0.15) is 6.04 Å². The van der Waals surface area contributed by atoms with Crippen molar-refractivity contribution in [3.05, 3.63) is 99.5 Å². The van der Waals surface area contributed by atoms with E-state index in [0.717, 1.165) is 20.5 Å². The summed E-state index contributed by atoms with van der Waals surface area (Å²) in [6, 6.07) is 24.6. The first-order valence-corrected chi connectivity index (χ1v) is 12.8. The molecule has 1 N–H and O–H groups in total. The quantitative estimate of drug-likeness (QED) is 0.319. The number of amides is 2. The van der Waals surface area contributed by atoms with Crippen molar-refractivity contribution in [1.29, 1.82) is 0 Å². The van der Waals surface area contributed by atoms with Gasteiger partial charge in [-0.05, 0) is 47.5 Å². The highest BCUT2D eigenvalue weighted by Gasteiger charge is 2.29. The van der Waals surface area contributed by atoms with Gasteiger partial charge in [-0.2, -0.15) is 0 Å². The Morgan fingerprint density at radius 3 is 2.27 bits per heavy atom. The van der Waals surface area contributed by atoms with Crippen LogP contribution in [0.5, 0.6) is 0 Å². The molecule has 0 aliphatic heterocycles. The molecule has 3 rings (SSSR count). The van der Waals surface area contributed by atoms with Crippen molar-refractivity contribution in [3.63, 3.8) is 0 Å². The van der Waals surface area contributed by atoms with Crippen molar-refractivity contribution in [1.82, 2.24) is 10.2 Å². The van der Waals surface area contributed by atoms with Crippen LogP contribution in [0.25, 0.3) is 0 Å². The highest BCUT2D eigenvalue weighted by Crippen LogP contribution is 2.23. The molecule has 1 atom stereocenters. The highest BCUT2D eigenvalue weighted by molar-refractivity contribution is 9.10. The third kappa shape index (κ3) is 7.91. The Kier molecular flexibility index (Phi) is 9.85. The van der Waals surface area contributed by atoms with Crippen LogP contribution >= 0.6 is 39.3 Å². The first-order valence-electron chi connectivity index (χ1n) is 10.6. The number of carbonyl (C=O) groups excluding carboxylic acids is 2. The van der Waals surface area contributed by atoms with Crippen LogP contribution in [0.15, 0.2) is 88.2 Å². The van der Waals surface area contributed by atoms with Crippen LogP contribution in [0.2, 0.25) is 5.02 Å². The Morgan fingerprint density at radius 1 is 0.970 bits per heavy atom. The van der Waals surface area contributed by atoms with E-state index in [2.05, 4.69) is 21.2 Å². The number of benzene rings is 3. The van der Waals surface area contributed by atoms with E-state index in [1.165, 1.54) is 0 Å². The molecule has 172 valence electrons. The van der Waals surface area contributed by atoms with Gasteiger partial charge in [0.25, 0.3) is 0 Å². The Bertz CT molecular complexity index is 1050. The molecule has 0 aliphatic rings. The Balaban J connectivity index is 1.79. The molecule has 0 bridgehead atoms. The third-order valence-electron chi connectivity index (χ3n) is 5.18. The van der Waals surface area contributed by atoms with Crippen molar-refractivity contribution < 1.29 is 9.59 Å². The van der Waals surface area contributed by atoms with Crippen molar-refractivity contribution in [2.75, 3.05) is 12.8 Å². The summed E-state index contributed by atoms with van der Waals surface area (Å²) >= 11 is 11.0. The predicted molar refractivity (Wildman–Crippen MR) is 139 cm³/mol. The van der Waals surface area contributed by atoms with E-state index in [4.69, 9.17) is 11.6 Å². The second kappa shape index (κ2) is 12.8. The van der Waals surface area contributed by atoms with Gasteiger partial charge in [0.15, 0.2) is 0 Å². The highest BCUT2D eigenvalue weighted by atomic mass is 79.9. The number of hydrogen-bond donors (Lipinski definition) is 1. The average molecular weight is 546 g/mol. The molecule has 0 aromatic heterocycles. The van der Waals surface area contributed by atoms with Crippen LogP contribution in [0.3, 0.4) is 0 Å². The minimum Gasteiger partial charge on any atom is -0.357 e.